The average Bonchev–Trinajstić information content (AvgIpc) is 2.68. The molecule has 1 saturated heterocycles. The molecule has 0 bridgehead atoms. The summed E-state index contributed by atoms with van der Waals surface area (Å²) >= 11 is 6.09. The Morgan fingerprint density at radius 2 is 1.89 bits per heavy atom. The van der Waals surface area contributed by atoms with Crippen LogP contribution >= 0.6 is 11.6 Å². The highest BCUT2D eigenvalue weighted by atomic mass is 35.5. The SMILES string of the molecule is COc1ccc(NC(=O)c2cc(N3CCN(C(C)=O)CC3)ccn2)cc1Cl. The van der Waals surface area contributed by atoms with E-state index in [9.17, 15) is 9.59 Å². The lowest BCUT2D eigenvalue weighted by Crippen LogP contribution is -2.48. The number of carbonyl (C=O) groups is 2. The van der Waals surface area contributed by atoms with Crippen LogP contribution in [0.1, 0.15) is 17.4 Å². The molecule has 0 spiro atoms. The first-order chi connectivity index (χ1) is 13.0. The van der Waals surface area contributed by atoms with E-state index >= 15 is 0 Å². The Morgan fingerprint density at radius 3 is 2.52 bits per heavy atom. The van der Waals surface area contributed by atoms with Crippen molar-refractivity contribution in [1.29, 1.82) is 0 Å². The van der Waals surface area contributed by atoms with Gasteiger partial charge in [-0.3, -0.25) is 14.6 Å². The largest absolute Gasteiger partial charge is 0.495 e. The number of nitrogens with zero attached hydrogens (tertiary/aromatic N) is 3. The highest BCUT2D eigenvalue weighted by Gasteiger charge is 2.20. The van der Waals surface area contributed by atoms with Gasteiger partial charge in [0.05, 0.1) is 12.1 Å². The average molecular weight is 389 g/mol. The van der Waals surface area contributed by atoms with Gasteiger partial charge in [-0.05, 0) is 30.3 Å². The summed E-state index contributed by atoms with van der Waals surface area (Å²) in [5, 5.41) is 3.21. The lowest BCUT2D eigenvalue weighted by Gasteiger charge is -2.35. The number of pyridine rings is 1. The summed E-state index contributed by atoms with van der Waals surface area (Å²) in [5.41, 5.74) is 1.78. The molecule has 0 atom stereocenters. The van der Waals surface area contributed by atoms with Crippen LogP contribution in [0, 0.1) is 0 Å². The summed E-state index contributed by atoms with van der Waals surface area (Å²) in [7, 11) is 1.53. The van der Waals surface area contributed by atoms with Crippen molar-refractivity contribution in [2.75, 3.05) is 43.5 Å². The number of aromatic nitrogens is 1. The van der Waals surface area contributed by atoms with E-state index < -0.39 is 0 Å². The van der Waals surface area contributed by atoms with E-state index in [0.717, 1.165) is 18.8 Å². The van der Waals surface area contributed by atoms with Gasteiger partial charge in [-0.25, -0.2) is 0 Å². The van der Waals surface area contributed by atoms with Gasteiger partial charge in [0.25, 0.3) is 5.91 Å². The fourth-order valence-electron chi connectivity index (χ4n) is 2.96. The molecular formula is C19H21ClN4O3. The van der Waals surface area contributed by atoms with E-state index in [-0.39, 0.29) is 11.8 Å². The predicted molar refractivity (Wildman–Crippen MR) is 105 cm³/mol. The number of rotatable bonds is 4. The van der Waals surface area contributed by atoms with Gasteiger partial charge in [0.1, 0.15) is 11.4 Å². The van der Waals surface area contributed by atoms with Crippen LogP contribution in [-0.4, -0.2) is 55.0 Å². The van der Waals surface area contributed by atoms with Gasteiger partial charge in [-0.15, -0.1) is 0 Å². The number of nitrogens with one attached hydrogen (secondary N) is 1. The van der Waals surface area contributed by atoms with Crippen molar-refractivity contribution in [3.05, 3.63) is 47.2 Å². The van der Waals surface area contributed by atoms with Gasteiger partial charge in [0, 0.05) is 50.7 Å². The highest BCUT2D eigenvalue weighted by molar-refractivity contribution is 6.32. The molecule has 1 aromatic heterocycles. The first kappa shape index (κ1) is 19.0. The summed E-state index contributed by atoms with van der Waals surface area (Å²) in [6.07, 6.45) is 1.61. The quantitative estimate of drug-likeness (QED) is 0.871. The third-order valence-electron chi connectivity index (χ3n) is 4.48. The molecule has 8 heteroatoms. The van der Waals surface area contributed by atoms with E-state index in [1.54, 1.807) is 37.4 Å². The van der Waals surface area contributed by atoms with Crippen LogP contribution in [-0.2, 0) is 4.79 Å². The predicted octanol–water partition coefficient (Wildman–Crippen LogP) is 2.66. The Hall–Kier alpha value is -2.80. The first-order valence-electron chi connectivity index (χ1n) is 8.59. The summed E-state index contributed by atoms with van der Waals surface area (Å²) in [4.78, 5) is 32.1. The molecule has 1 aliphatic rings. The number of hydrogen-bond acceptors (Lipinski definition) is 5. The zero-order valence-electron chi connectivity index (χ0n) is 15.2. The number of anilines is 2. The molecule has 0 radical (unpaired) electrons. The summed E-state index contributed by atoms with van der Waals surface area (Å²) < 4.78 is 5.11. The molecular weight excluding hydrogens is 368 g/mol. The van der Waals surface area contributed by atoms with Gasteiger partial charge in [-0.2, -0.15) is 0 Å². The number of methoxy groups -OCH3 is 1. The van der Waals surface area contributed by atoms with Crippen molar-refractivity contribution >= 4 is 34.8 Å². The van der Waals surface area contributed by atoms with Crippen LogP contribution in [0.25, 0.3) is 0 Å². The third-order valence-corrected chi connectivity index (χ3v) is 4.77. The molecule has 2 heterocycles. The molecule has 142 valence electrons. The number of amides is 2. The van der Waals surface area contributed by atoms with Crippen molar-refractivity contribution in [2.45, 2.75) is 6.92 Å². The fourth-order valence-corrected chi connectivity index (χ4v) is 3.22. The second kappa shape index (κ2) is 8.26. The molecule has 7 nitrogen and oxygen atoms in total. The molecule has 0 unspecified atom stereocenters. The van der Waals surface area contributed by atoms with Crippen LogP contribution in [0.3, 0.4) is 0 Å². The Morgan fingerprint density at radius 1 is 1.15 bits per heavy atom. The van der Waals surface area contributed by atoms with Gasteiger partial charge in [-0.1, -0.05) is 11.6 Å². The zero-order chi connectivity index (χ0) is 19.4. The van der Waals surface area contributed by atoms with Crippen LogP contribution < -0.4 is 15.0 Å². The van der Waals surface area contributed by atoms with E-state index in [4.69, 9.17) is 16.3 Å². The fraction of sp³-hybridized carbons (Fsp3) is 0.316. The maximum absolute atomic E-state index is 12.5. The van der Waals surface area contributed by atoms with E-state index in [1.165, 1.54) is 7.11 Å². The Labute approximate surface area is 162 Å². The molecule has 1 fully saturated rings. The van der Waals surface area contributed by atoms with Crippen LogP contribution in [0.5, 0.6) is 5.75 Å². The van der Waals surface area contributed by atoms with Crippen LogP contribution in [0.4, 0.5) is 11.4 Å². The summed E-state index contributed by atoms with van der Waals surface area (Å²) in [6, 6.07) is 8.65. The topological polar surface area (TPSA) is 74.8 Å². The number of hydrogen-bond donors (Lipinski definition) is 1. The monoisotopic (exact) mass is 388 g/mol. The van der Waals surface area contributed by atoms with Gasteiger partial charge in [0.2, 0.25) is 5.91 Å². The molecule has 0 aliphatic carbocycles. The number of ether oxygens (including phenoxy) is 1. The van der Waals surface area contributed by atoms with Crippen molar-refractivity contribution in [1.82, 2.24) is 9.88 Å². The zero-order valence-corrected chi connectivity index (χ0v) is 16.0. The Kier molecular flexibility index (Phi) is 5.81. The highest BCUT2D eigenvalue weighted by Crippen LogP contribution is 2.27. The third kappa shape index (κ3) is 4.49. The minimum absolute atomic E-state index is 0.0857. The van der Waals surface area contributed by atoms with E-state index in [1.807, 2.05) is 11.0 Å². The molecule has 1 aromatic carbocycles. The molecule has 27 heavy (non-hydrogen) atoms. The Bertz CT molecular complexity index is 851. The standard InChI is InChI=1S/C19H21ClN4O3/c1-13(25)23-7-9-24(10-8-23)15-5-6-21-17(12-15)19(26)22-14-3-4-18(27-2)16(20)11-14/h3-6,11-12H,7-10H2,1-2H3,(H,22,26). The van der Waals surface area contributed by atoms with Crippen LogP contribution in [0.15, 0.2) is 36.5 Å². The molecule has 2 aromatic rings. The van der Waals surface area contributed by atoms with Crippen molar-refractivity contribution in [3.8, 4) is 5.75 Å². The van der Waals surface area contributed by atoms with Gasteiger partial charge < -0.3 is 19.9 Å². The lowest BCUT2D eigenvalue weighted by molar-refractivity contribution is -0.129. The van der Waals surface area contributed by atoms with Crippen molar-refractivity contribution < 1.29 is 14.3 Å². The second-order valence-corrected chi connectivity index (χ2v) is 6.60. The number of halogens is 1. The maximum Gasteiger partial charge on any atom is 0.274 e. The van der Waals surface area contributed by atoms with E-state index in [0.29, 0.717) is 35.2 Å². The minimum Gasteiger partial charge on any atom is -0.495 e. The normalized spacial score (nSPS) is 14.0. The second-order valence-electron chi connectivity index (χ2n) is 6.20. The molecule has 0 saturated carbocycles. The minimum atomic E-state index is -0.319. The van der Waals surface area contributed by atoms with Gasteiger partial charge >= 0.3 is 0 Å². The van der Waals surface area contributed by atoms with E-state index in [2.05, 4.69) is 15.2 Å². The number of benzene rings is 1. The number of carbonyl (C=O) groups excluding carboxylic acids is 2. The first-order valence-corrected chi connectivity index (χ1v) is 8.97. The van der Waals surface area contributed by atoms with Crippen LogP contribution in [0.2, 0.25) is 5.02 Å². The summed E-state index contributed by atoms with van der Waals surface area (Å²) in [6.45, 7) is 4.36. The van der Waals surface area contributed by atoms with Crippen molar-refractivity contribution in [3.63, 3.8) is 0 Å². The Balaban J connectivity index is 1.69. The van der Waals surface area contributed by atoms with Crippen molar-refractivity contribution in [2.24, 2.45) is 0 Å². The molecule has 1 N–H and O–H groups in total. The number of piperazine rings is 1. The maximum atomic E-state index is 12.5. The van der Waals surface area contributed by atoms with Gasteiger partial charge in [0.15, 0.2) is 0 Å². The smallest absolute Gasteiger partial charge is 0.274 e. The molecule has 1 aliphatic heterocycles. The molecule has 3 rings (SSSR count). The lowest BCUT2D eigenvalue weighted by atomic mass is 10.2. The molecule has 2 amide bonds. The summed E-state index contributed by atoms with van der Waals surface area (Å²) in [5.74, 6) is 0.308.